The number of nitrogens with zero attached hydrogens (tertiary/aromatic N) is 2. The highest BCUT2D eigenvalue weighted by molar-refractivity contribution is 5.98. The Hall–Kier alpha value is -2.86. The van der Waals surface area contributed by atoms with Crippen molar-refractivity contribution in [1.29, 1.82) is 0 Å². The molecule has 0 fully saturated rings. The van der Waals surface area contributed by atoms with Crippen LogP contribution in [0.4, 0.5) is 5.69 Å². The molecular weight excluding hydrogens is 326 g/mol. The van der Waals surface area contributed by atoms with E-state index in [0.29, 0.717) is 18.8 Å². The van der Waals surface area contributed by atoms with Crippen molar-refractivity contribution in [1.82, 2.24) is 9.88 Å². The average Bonchev–Trinajstić information content (AvgIpc) is 2.88. The lowest BCUT2D eigenvalue weighted by atomic mass is 10.0. The van der Waals surface area contributed by atoms with E-state index in [2.05, 4.69) is 10.3 Å². The van der Waals surface area contributed by atoms with Crippen molar-refractivity contribution in [3.05, 3.63) is 65.1 Å². The molecule has 136 valence electrons. The number of pyridine rings is 1. The molecule has 0 saturated heterocycles. The van der Waals surface area contributed by atoms with Crippen LogP contribution < -0.4 is 16.8 Å². The maximum Gasteiger partial charge on any atom is 0.254 e. The molecule has 1 amide bonds. The molecular formula is C20H25N5O. The SMILES string of the molecule is C/C(Nc1cccnc1)=C(/N)c1ccc2c(c1)CN(CC(C)(C)N)C2=O. The highest BCUT2D eigenvalue weighted by Crippen LogP contribution is 2.27. The van der Waals surface area contributed by atoms with Crippen LogP contribution in [0.5, 0.6) is 0 Å². The first kappa shape index (κ1) is 17.9. The van der Waals surface area contributed by atoms with Crippen LogP contribution in [0.3, 0.4) is 0 Å². The first-order valence-electron chi connectivity index (χ1n) is 8.59. The van der Waals surface area contributed by atoms with Crippen LogP contribution in [0.15, 0.2) is 48.4 Å². The van der Waals surface area contributed by atoms with E-state index in [4.69, 9.17) is 11.5 Å². The van der Waals surface area contributed by atoms with Crippen molar-refractivity contribution < 1.29 is 4.79 Å². The molecule has 26 heavy (non-hydrogen) atoms. The molecule has 0 spiro atoms. The van der Waals surface area contributed by atoms with Gasteiger partial charge in [0, 0.05) is 36.1 Å². The third kappa shape index (κ3) is 3.86. The second-order valence-corrected chi connectivity index (χ2v) is 7.43. The number of nitrogens with one attached hydrogen (secondary N) is 1. The summed E-state index contributed by atoms with van der Waals surface area (Å²) in [6.07, 6.45) is 3.46. The Bertz CT molecular complexity index is 852. The zero-order chi connectivity index (χ0) is 18.9. The third-order valence-electron chi connectivity index (χ3n) is 4.29. The Balaban J connectivity index is 1.83. The molecule has 3 rings (SSSR count). The molecule has 0 saturated carbocycles. The highest BCUT2D eigenvalue weighted by Gasteiger charge is 2.30. The summed E-state index contributed by atoms with van der Waals surface area (Å²) < 4.78 is 0. The third-order valence-corrected chi connectivity index (χ3v) is 4.29. The normalized spacial score (nSPS) is 14.9. The van der Waals surface area contributed by atoms with E-state index in [-0.39, 0.29) is 5.91 Å². The maximum atomic E-state index is 12.5. The monoisotopic (exact) mass is 351 g/mol. The molecule has 5 N–H and O–H groups in total. The second-order valence-electron chi connectivity index (χ2n) is 7.43. The maximum absolute atomic E-state index is 12.5. The van der Waals surface area contributed by atoms with Gasteiger partial charge in [0.15, 0.2) is 0 Å². The van der Waals surface area contributed by atoms with Gasteiger partial charge < -0.3 is 21.7 Å². The number of allylic oxidation sites excluding steroid dienone is 1. The van der Waals surface area contributed by atoms with E-state index in [1.54, 1.807) is 17.3 Å². The molecule has 1 aromatic carbocycles. The number of aromatic nitrogens is 1. The van der Waals surface area contributed by atoms with Gasteiger partial charge >= 0.3 is 0 Å². The van der Waals surface area contributed by atoms with Crippen molar-refractivity contribution in [2.24, 2.45) is 11.5 Å². The van der Waals surface area contributed by atoms with E-state index in [9.17, 15) is 4.79 Å². The van der Waals surface area contributed by atoms with Crippen LogP contribution in [0.1, 0.15) is 42.3 Å². The Kier molecular flexibility index (Phi) is 4.70. The van der Waals surface area contributed by atoms with Crippen LogP contribution >= 0.6 is 0 Å². The van der Waals surface area contributed by atoms with Crippen LogP contribution in [0.2, 0.25) is 0 Å². The molecule has 1 aromatic heterocycles. The van der Waals surface area contributed by atoms with Crippen molar-refractivity contribution in [3.63, 3.8) is 0 Å². The fourth-order valence-corrected chi connectivity index (χ4v) is 3.11. The summed E-state index contributed by atoms with van der Waals surface area (Å²) in [5.74, 6) is 0.0258. The van der Waals surface area contributed by atoms with Gasteiger partial charge in [0.05, 0.1) is 17.6 Å². The van der Waals surface area contributed by atoms with Gasteiger partial charge in [0.25, 0.3) is 5.91 Å². The Morgan fingerprint density at radius 1 is 1.35 bits per heavy atom. The van der Waals surface area contributed by atoms with Gasteiger partial charge in [-0.2, -0.15) is 0 Å². The number of benzene rings is 1. The summed E-state index contributed by atoms with van der Waals surface area (Å²) >= 11 is 0. The highest BCUT2D eigenvalue weighted by atomic mass is 16.2. The van der Waals surface area contributed by atoms with Crippen molar-refractivity contribution in [3.8, 4) is 0 Å². The van der Waals surface area contributed by atoms with Gasteiger partial charge in [-0.25, -0.2) is 0 Å². The molecule has 0 atom stereocenters. The van der Waals surface area contributed by atoms with Crippen molar-refractivity contribution in [2.75, 3.05) is 11.9 Å². The summed E-state index contributed by atoms with van der Waals surface area (Å²) in [5, 5.41) is 3.25. The van der Waals surface area contributed by atoms with Gasteiger partial charge in [0.1, 0.15) is 0 Å². The molecule has 1 aliphatic heterocycles. The summed E-state index contributed by atoms with van der Waals surface area (Å²) in [4.78, 5) is 18.4. The van der Waals surface area contributed by atoms with Crippen molar-refractivity contribution in [2.45, 2.75) is 32.9 Å². The number of rotatable bonds is 5. The number of carbonyl (C=O) groups excluding carboxylic acids is 1. The average molecular weight is 351 g/mol. The van der Waals surface area contributed by atoms with Gasteiger partial charge in [-0.05, 0) is 56.2 Å². The number of hydrogen-bond acceptors (Lipinski definition) is 5. The van der Waals surface area contributed by atoms with Gasteiger partial charge in [-0.15, -0.1) is 0 Å². The molecule has 0 radical (unpaired) electrons. The lowest BCUT2D eigenvalue weighted by Crippen LogP contribution is -2.45. The summed E-state index contributed by atoms with van der Waals surface area (Å²) in [6, 6.07) is 9.51. The Morgan fingerprint density at radius 2 is 2.12 bits per heavy atom. The molecule has 0 unspecified atom stereocenters. The van der Waals surface area contributed by atoms with Crippen molar-refractivity contribution >= 4 is 17.3 Å². The lowest BCUT2D eigenvalue weighted by molar-refractivity contribution is 0.0748. The first-order chi connectivity index (χ1) is 12.2. The quantitative estimate of drug-likeness (QED) is 0.769. The second kappa shape index (κ2) is 6.80. The van der Waals surface area contributed by atoms with Crippen LogP contribution in [0.25, 0.3) is 5.70 Å². The number of anilines is 1. The summed E-state index contributed by atoms with van der Waals surface area (Å²) in [6.45, 7) is 6.84. The molecule has 0 aliphatic carbocycles. The van der Waals surface area contributed by atoms with Gasteiger partial charge in [-0.1, -0.05) is 6.07 Å². The lowest BCUT2D eigenvalue weighted by Gasteiger charge is -2.26. The molecule has 2 aromatic rings. The fraction of sp³-hybridized carbons (Fsp3) is 0.300. The van der Waals surface area contributed by atoms with Gasteiger partial charge in [0.2, 0.25) is 0 Å². The minimum Gasteiger partial charge on any atom is -0.397 e. The fourth-order valence-electron chi connectivity index (χ4n) is 3.11. The van der Waals surface area contributed by atoms with E-state index in [1.807, 2.05) is 51.1 Å². The molecule has 1 aliphatic rings. The molecule has 2 heterocycles. The van der Waals surface area contributed by atoms with Crippen LogP contribution in [0, 0.1) is 0 Å². The zero-order valence-electron chi connectivity index (χ0n) is 15.4. The van der Waals surface area contributed by atoms with Crippen LogP contribution in [-0.4, -0.2) is 27.9 Å². The van der Waals surface area contributed by atoms with E-state index in [0.717, 1.165) is 28.1 Å². The van der Waals surface area contributed by atoms with E-state index >= 15 is 0 Å². The van der Waals surface area contributed by atoms with E-state index < -0.39 is 5.54 Å². The minimum absolute atomic E-state index is 0.0258. The number of carbonyl (C=O) groups is 1. The Morgan fingerprint density at radius 3 is 2.77 bits per heavy atom. The molecule has 6 heteroatoms. The standard InChI is InChI=1S/C20H25N5O/c1-13(24-16-5-4-8-23-10-16)18(21)14-6-7-17-15(9-14)11-25(19(17)26)12-20(2,3)22/h4-10,24H,11-12,21-22H2,1-3H3/b18-13-. The number of hydrogen-bond donors (Lipinski definition) is 3. The largest absolute Gasteiger partial charge is 0.397 e. The molecule has 6 nitrogen and oxygen atoms in total. The number of nitrogens with two attached hydrogens (primary N) is 2. The predicted octanol–water partition coefficient (Wildman–Crippen LogP) is 2.53. The zero-order valence-corrected chi connectivity index (χ0v) is 15.4. The summed E-state index contributed by atoms with van der Waals surface area (Å²) in [5.41, 5.74) is 16.9. The number of fused-ring (bicyclic) bond motifs is 1. The van der Waals surface area contributed by atoms with Crippen LogP contribution in [-0.2, 0) is 6.54 Å². The predicted molar refractivity (Wildman–Crippen MR) is 104 cm³/mol. The summed E-state index contributed by atoms with van der Waals surface area (Å²) in [7, 11) is 0. The topological polar surface area (TPSA) is 97.3 Å². The minimum atomic E-state index is -0.427. The van der Waals surface area contributed by atoms with Gasteiger partial charge in [-0.3, -0.25) is 9.78 Å². The smallest absolute Gasteiger partial charge is 0.254 e. The Labute approximate surface area is 153 Å². The first-order valence-corrected chi connectivity index (χ1v) is 8.59. The number of amides is 1. The molecule has 0 bridgehead atoms. The van der Waals surface area contributed by atoms with E-state index in [1.165, 1.54) is 0 Å².